The maximum Gasteiger partial charge on any atom is 0.253 e. The van der Waals surface area contributed by atoms with Crippen LogP contribution in [-0.4, -0.2) is 9.67 Å². The van der Waals surface area contributed by atoms with Crippen LogP contribution in [0.5, 0.6) is 5.88 Å². The van der Waals surface area contributed by atoms with Gasteiger partial charge >= 0.3 is 0 Å². The van der Waals surface area contributed by atoms with E-state index in [1.807, 2.05) is 13.8 Å². The summed E-state index contributed by atoms with van der Waals surface area (Å²) in [6.45, 7) is 5.50. The zero-order chi connectivity index (χ0) is 9.30. The Morgan fingerprint density at radius 2 is 2.00 bits per heavy atom. The van der Waals surface area contributed by atoms with E-state index in [4.69, 9.17) is 0 Å². The van der Waals surface area contributed by atoms with Crippen LogP contribution >= 0.6 is 0 Å². The molecule has 0 unspecified atom stereocenters. The van der Waals surface area contributed by atoms with Gasteiger partial charge in [0.15, 0.2) is 5.88 Å². The van der Waals surface area contributed by atoms with E-state index in [1.165, 1.54) is 10.6 Å². The van der Waals surface area contributed by atoms with Crippen molar-refractivity contribution in [2.24, 2.45) is 0 Å². The summed E-state index contributed by atoms with van der Waals surface area (Å²) in [5, 5.41) is 9.41. The molecule has 0 aliphatic rings. The van der Waals surface area contributed by atoms with Crippen LogP contribution in [0.4, 0.5) is 0 Å². The van der Waals surface area contributed by atoms with Crippen LogP contribution in [-0.2, 0) is 0 Å². The minimum absolute atomic E-state index is 0.00176. The van der Waals surface area contributed by atoms with Gasteiger partial charge < -0.3 is 5.11 Å². The molecule has 1 aromatic rings. The maximum atomic E-state index is 11.3. The molecule has 1 aromatic heterocycles. The van der Waals surface area contributed by atoms with E-state index in [2.05, 4.69) is 0 Å². The van der Waals surface area contributed by atoms with Crippen LogP contribution in [0.2, 0.25) is 0 Å². The molecule has 12 heavy (non-hydrogen) atoms. The summed E-state index contributed by atoms with van der Waals surface area (Å²) in [5.74, 6) is 0.0370. The Kier molecular flexibility index (Phi) is 2.22. The highest BCUT2D eigenvalue weighted by molar-refractivity contribution is 5.20. The van der Waals surface area contributed by atoms with Crippen molar-refractivity contribution in [3.8, 4) is 5.88 Å². The molecule has 0 aliphatic carbocycles. The SMILES string of the molecule is Cc1cc(O)n(C(C)C)c(=O)c1. The van der Waals surface area contributed by atoms with Crippen molar-refractivity contribution in [1.82, 2.24) is 4.57 Å². The van der Waals surface area contributed by atoms with E-state index in [1.54, 1.807) is 13.0 Å². The van der Waals surface area contributed by atoms with E-state index < -0.39 is 0 Å². The topological polar surface area (TPSA) is 42.2 Å². The minimum Gasteiger partial charge on any atom is -0.494 e. The first kappa shape index (κ1) is 8.84. The molecule has 0 saturated carbocycles. The molecule has 0 bridgehead atoms. The Balaban J connectivity index is 3.39. The maximum absolute atomic E-state index is 11.3. The lowest BCUT2D eigenvalue weighted by atomic mass is 10.2. The van der Waals surface area contributed by atoms with Crippen molar-refractivity contribution in [1.29, 1.82) is 0 Å². The number of aromatic hydroxyl groups is 1. The highest BCUT2D eigenvalue weighted by Crippen LogP contribution is 2.13. The molecule has 0 aromatic carbocycles. The number of aryl methyl sites for hydroxylation is 1. The smallest absolute Gasteiger partial charge is 0.253 e. The fraction of sp³-hybridized carbons (Fsp3) is 0.444. The Morgan fingerprint density at radius 3 is 2.42 bits per heavy atom. The van der Waals surface area contributed by atoms with Crippen LogP contribution in [0.3, 0.4) is 0 Å². The van der Waals surface area contributed by atoms with Gasteiger partial charge in [-0.15, -0.1) is 0 Å². The Bertz CT molecular complexity index is 339. The third kappa shape index (κ3) is 1.49. The number of hydrogen-bond acceptors (Lipinski definition) is 2. The second-order valence-corrected chi connectivity index (χ2v) is 3.19. The average molecular weight is 167 g/mol. The summed E-state index contributed by atoms with van der Waals surface area (Å²) < 4.78 is 1.35. The van der Waals surface area contributed by atoms with E-state index in [9.17, 15) is 9.90 Å². The van der Waals surface area contributed by atoms with Gasteiger partial charge in [0.1, 0.15) is 0 Å². The van der Waals surface area contributed by atoms with Gasteiger partial charge in [-0.2, -0.15) is 0 Å². The minimum atomic E-state index is -0.150. The molecule has 3 nitrogen and oxygen atoms in total. The number of pyridine rings is 1. The van der Waals surface area contributed by atoms with Crippen LogP contribution in [0.1, 0.15) is 25.5 Å². The Morgan fingerprint density at radius 1 is 1.42 bits per heavy atom. The van der Waals surface area contributed by atoms with Gasteiger partial charge in [0, 0.05) is 18.2 Å². The zero-order valence-electron chi connectivity index (χ0n) is 7.53. The molecule has 3 heteroatoms. The van der Waals surface area contributed by atoms with Gasteiger partial charge in [-0.05, 0) is 26.3 Å². The van der Waals surface area contributed by atoms with Crippen molar-refractivity contribution < 1.29 is 5.11 Å². The summed E-state index contributed by atoms with van der Waals surface area (Å²) in [6, 6.07) is 3.10. The highest BCUT2D eigenvalue weighted by Gasteiger charge is 2.05. The average Bonchev–Trinajstić information content (AvgIpc) is 1.82. The van der Waals surface area contributed by atoms with Gasteiger partial charge in [0.25, 0.3) is 5.56 Å². The van der Waals surface area contributed by atoms with Crippen LogP contribution < -0.4 is 5.56 Å². The fourth-order valence-electron chi connectivity index (χ4n) is 1.21. The third-order valence-electron chi connectivity index (χ3n) is 1.71. The van der Waals surface area contributed by atoms with Crippen molar-refractivity contribution in [2.75, 3.05) is 0 Å². The second-order valence-electron chi connectivity index (χ2n) is 3.19. The van der Waals surface area contributed by atoms with Crippen molar-refractivity contribution in [3.63, 3.8) is 0 Å². The number of nitrogens with zero attached hydrogens (tertiary/aromatic N) is 1. The van der Waals surface area contributed by atoms with E-state index in [-0.39, 0.29) is 17.5 Å². The van der Waals surface area contributed by atoms with Gasteiger partial charge in [-0.25, -0.2) is 0 Å². The van der Waals surface area contributed by atoms with Gasteiger partial charge in [-0.1, -0.05) is 0 Å². The predicted octanol–water partition coefficient (Wildman–Crippen LogP) is 1.44. The molecule has 0 atom stereocenters. The summed E-state index contributed by atoms with van der Waals surface area (Å²) in [7, 11) is 0. The molecule has 0 fully saturated rings. The van der Waals surface area contributed by atoms with Gasteiger partial charge in [0.05, 0.1) is 0 Å². The van der Waals surface area contributed by atoms with Gasteiger partial charge in [-0.3, -0.25) is 9.36 Å². The summed E-state index contributed by atoms with van der Waals surface area (Å²) in [6.07, 6.45) is 0. The second kappa shape index (κ2) is 3.01. The van der Waals surface area contributed by atoms with Crippen LogP contribution in [0, 0.1) is 6.92 Å². The first-order valence-corrected chi connectivity index (χ1v) is 3.94. The number of hydrogen-bond donors (Lipinski definition) is 1. The highest BCUT2D eigenvalue weighted by atomic mass is 16.3. The molecule has 1 N–H and O–H groups in total. The Hall–Kier alpha value is -1.25. The van der Waals surface area contributed by atoms with Crippen molar-refractivity contribution in [2.45, 2.75) is 26.8 Å². The first-order valence-electron chi connectivity index (χ1n) is 3.94. The lowest BCUT2D eigenvalue weighted by Crippen LogP contribution is -2.20. The van der Waals surface area contributed by atoms with Crippen molar-refractivity contribution in [3.05, 3.63) is 28.0 Å². The van der Waals surface area contributed by atoms with Crippen molar-refractivity contribution >= 4 is 0 Å². The van der Waals surface area contributed by atoms with Crippen LogP contribution in [0.25, 0.3) is 0 Å². The largest absolute Gasteiger partial charge is 0.494 e. The molecule has 0 amide bonds. The molecule has 66 valence electrons. The molecule has 0 saturated heterocycles. The lowest BCUT2D eigenvalue weighted by molar-refractivity contribution is 0.387. The zero-order valence-corrected chi connectivity index (χ0v) is 7.53. The third-order valence-corrected chi connectivity index (χ3v) is 1.71. The molecule has 0 radical (unpaired) electrons. The van der Waals surface area contributed by atoms with Gasteiger partial charge in [0.2, 0.25) is 0 Å². The molecule has 0 spiro atoms. The summed E-state index contributed by atoms with van der Waals surface area (Å²) in [5.41, 5.74) is 0.636. The number of aromatic nitrogens is 1. The molecular formula is C9H13NO2. The molecule has 0 aliphatic heterocycles. The van der Waals surface area contributed by atoms with E-state index >= 15 is 0 Å². The van der Waals surface area contributed by atoms with Crippen LogP contribution in [0.15, 0.2) is 16.9 Å². The first-order chi connectivity index (χ1) is 5.52. The number of rotatable bonds is 1. The summed E-state index contributed by atoms with van der Waals surface area (Å²) >= 11 is 0. The fourth-order valence-corrected chi connectivity index (χ4v) is 1.21. The summed E-state index contributed by atoms with van der Waals surface area (Å²) in [4.78, 5) is 11.3. The Labute approximate surface area is 71.3 Å². The molecule has 1 heterocycles. The molecule has 1 rings (SSSR count). The lowest BCUT2D eigenvalue weighted by Gasteiger charge is -2.11. The standard InChI is InChI=1S/C9H13NO2/c1-6(2)10-8(11)4-7(3)5-9(10)12/h4-6,11H,1-3H3. The van der Waals surface area contributed by atoms with E-state index in [0.29, 0.717) is 0 Å². The van der Waals surface area contributed by atoms with E-state index in [0.717, 1.165) is 5.56 Å². The quantitative estimate of drug-likeness (QED) is 0.687. The monoisotopic (exact) mass is 167 g/mol. The predicted molar refractivity (Wildman–Crippen MR) is 47.5 cm³/mol. The molecular weight excluding hydrogens is 154 g/mol. The normalized spacial score (nSPS) is 10.7.